The molecular weight excluding hydrogens is 176 g/mol. The van der Waals surface area contributed by atoms with Gasteiger partial charge in [0.2, 0.25) is 0 Å². The Hall–Kier alpha value is -0.150. The van der Waals surface area contributed by atoms with Crippen molar-refractivity contribution in [2.75, 3.05) is 0 Å². The summed E-state index contributed by atoms with van der Waals surface area (Å²) in [6, 6.07) is 0. The van der Waals surface area contributed by atoms with Crippen LogP contribution in [-0.4, -0.2) is 6.29 Å². The monoisotopic (exact) mass is 186 g/mol. The number of carbonyl (C=O) groups is 1. The summed E-state index contributed by atoms with van der Waals surface area (Å²) in [5.74, 6) is 0. The van der Waals surface area contributed by atoms with Gasteiger partial charge in [-0.3, -0.25) is 0 Å². The highest BCUT2D eigenvalue weighted by molar-refractivity contribution is 8.28. The highest BCUT2D eigenvalue weighted by Gasteiger charge is 2.12. The van der Waals surface area contributed by atoms with Crippen molar-refractivity contribution < 1.29 is 4.79 Å². The Morgan fingerprint density at radius 2 is 1.82 bits per heavy atom. The SMILES string of the molecule is CC1=C(C)SC(=CCC=O)S1. The van der Waals surface area contributed by atoms with Crippen LogP contribution in [0.3, 0.4) is 0 Å². The summed E-state index contributed by atoms with van der Waals surface area (Å²) in [6.45, 7) is 4.21. The molecule has 0 radical (unpaired) electrons. The Labute approximate surface area is 75.3 Å². The van der Waals surface area contributed by atoms with Crippen LogP contribution in [0.2, 0.25) is 0 Å². The summed E-state index contributed by atoms with van der Waals surface area (Å²) < 4.78 is 1.24. The molecule has 0 bridgehead atoms. The third-order valence-electron chi connectivity index (χ3n) is 1.38. The number of allylic oxidation sites excluding steroid dienone is 3. The van der Waals surface area contributed by atoms with Gasteiger partial charge < -0.3 is 4.79 Å². The average Bonchev–Trinajstić information content (AvgIpc) is 2.28. The van der Waals surface area contributed by atoms with Gasteiger partial charge in [-0.2, -0.15) is 0 Å². The molecule has 0 amide bonds. The van der Waals surface area contributed by atoms with Crippen LogP contribution in [0.1, 0.15) is 20.3 Å². The number of hydrogen-bond acceptors (Lipinski definition) is 3. The van der Waals surface area contributed by atoms with Crippen LogP contribution in [0, 0.1) is 0 Å². The summed E-state index contributed by atoms with van der Waals surface area (Å²) in [4.78, 5) is 12.8. The summed E-state index contributed by atoms with van der Waals surface area (Å²) in [5, 5.41) is 0. The first-order valence-corrected chi connectivity index (χ1v) is 5.04. The molecule has 1 heterocycles. The largest absolute Gasteiger partial charge is 0.303 e. The first-order valence-electron chi connectivity index (χ1n) is 3.41. The van der Waals surface area contributed by atoms with Gasteiger partial charge in [-0.25, -0.2) is 0 Å². The van der Waals surface area contributed by atoms with Crippen molar-refractivity contribution in [3.63, 3.8) is 0 Å². The van der Waals surface area contributed by atoms with Crippen molar-refractivity contribution in [3.8, 4) is 0 Å². The number of carbonyl (C=O) groups excluding carboxylic acids is 1. The summed E-state index contributed by atoms with van der Waals surface area (Å²) in [5.41, 5.74) is 0. The predicted octanol–water partition coefficient (Wildman–Crippen LogP) is 3.15. The summed E-state index contributed by atoms with van der Waals surface area (Å²) in [6.07, 6.45) is 3.44. The standard InChI is InChI=1S/C8H10OS2/c1-6-7(2)11-8(10-6)4-3-5-9/h4-5H,3H2,1-2H3. The fourth-order valence-electron chi connectivity index (χ4n) is 0.694. The molecule has 0 aromatic rings. The zero-order valence-electron chi connectivity index (χ0n) is 6.59. The number of thioether (sulfide) groups is 2. The van der Waals surface area contributed by atoms with E-state index in [1.54, 1.807) is 23.5 Å². The molecule has 11 heavy (non-hydrogen) atoms. The van der Waals surface area contributed by atoms with Crippen molar-refractivity contribution in [1.29, 1.82) is 0 Å². The molecule has 1 aliphatic heterocycles. The summed E-state index contributed by atoms with van der Waals surface area (Å²) >= 11 is 3.52. The lowest BCUT2D eigenvalue weighted by Gasteiger charge is -1.90. The van der Waals surface area contributed by atoms with Crippen molar-refractivity contribution in [2.45, 2.75) is 20.3 Å². The van der Waals surface area contributed by atoms with Gasteiger partial charge in [0, 0.05) is 10.7 Å². The molecule has 0 atom stereocenters. The molecule has 0 fully saturated rings. The zero-order chi connectivity index (χ0) is 8.27. The van der Waals surface area contributed by atoms with E-state index in [2.05, 4.69) is 13.8 Å². The van der Waals surface area contributed by atoms with Crippen molar-refractivity contribution in [2.24, 2.45) is 0 Å². The predicted molar refractivity (Wildman–Crippen MR) is 52.3 cm³/mol. The minimum absolute atomic E-state index is 0.538. The van der Waals surface area contributed by atoms with Gasteiger partial charge in [0.25, 0.3) is 0 Å². The van der Waals surface area contributed by atoms with E-state index in [9.17, 15) is 4.79 Å². The molecule has 0 spiro atoms. The smallest absolute Gasteiger partial charge is 0.123 e. The molecule has 0 saturated carbocycles. The number of rotatable bonds is 2. The molecule has 0 aromatic carbocycles. The lowest BCUT2D eigenvalue weighted by Crippen LogP contribution is -1.67. The molecular formula is C8H10OS2. The lowest BCUT2D eigenvalue weighted by molar-refractivity contribution is -0.107. The highest BCUT2D eigenvalue weighted by Crippen LogP contribution is 2.48. The molecule has 0 aromatic heterocycles. The van der Waals surface area contributed by atoms with Gasteiger partial charge in [-0.05, 0) is 23.7 Å². The fourth-order valence-corrected chi connectivity index (χ4v) is 3.11. The van der Waals surface area contributed by atoms with E-state index < -0.39 is 0 Å². The van der Waals surface area contributed by atoms with E-state index in [1.807, 2.05) is 6.08 Å². The Balaban J connectivity index is 2.53. The quantitative estimate of drug-likeness (QED) is 0.617. The molecule has 1 rings (SSSR count). The zero-order valence-corrected chi connectivity index (χ0v) is 8.22. The third kappa shape index (κ3) is 2.42. The first-order chi connectivity index (χ1) is 5.24. The lowest BCUT2D eigenvalue weighted by atomic mass is 10.5. The Morgan fingerprint density at radius 1 is 1.27 bits per heavy atom. The van der Waals surface area contributed by atoms with Crippen LogP contribution >= 0.6 is 23.5 Å². The molecule has 0 unspecified atom stereocenters. The Kier molecular flexibility index (Phi) is 3.27. The van der Waals surface area contributed by atoms with Gasteiger partial charge in [0.1, 0.15) is 6.29 Å². The molecule has 1 nitrogen and oxygen atoms in total. The van der Waals surface area contributed by atoms with Crippen LogP contribution in [-0.2, 0) is 4.79 Å². The van der Waals surface area contributed by atoms with Gasteiger partial charge in [0.05, 0.1) is 0 Å². The molecule has 0 aliphatic carbocycles. The second-order valence-corrected chi connectivity index (χ2v) is 5.01. The van der Waals surface area contributed by atoms with Crippen LogP contribution in [0.5, 0.6) is 0 Å². The van der Waals surface area contributed by atoms with Gasteiger partial charge in [-0.15, -0.1) is 0 Å². The molecule has 0 saturated heterocycles. The molecule has 1 aliphatic rings. The first kappa shape index (κ1) is 8.94. The van der Waals surface area contributed by atoms with E-state index in [1.165, 1.54) is 14.0 Å². The van der Waals surface area contributed by atoms with Crippen LogP contribution in [0.25, 0.3) is 0 Å². The van der Waals surface area contributed by atoms with Crippen molar-refractivity contribution in [1.82, 2.24) is 0 Å². The summed E-state index contributed by atoms with van der Waals surface area (Å²) in [7, 11) is 0. The highest BCUT2D eigenvalue weighted by atomic mass is 32.2. The van der Waals surface area contributed by atoms with Crippen LogP contribution in [0.15, 0.2) is 20.1 Å². The third-order valence-corrected chi connectivity index (χ3v) is 3.97. The van der Waals surface area contributed by atoms with Crippen molar-refractivity contribution >= 4 is 29.8 Å². The topological polar surface area (TPSA) is 17.1 Å². The molecule has 0 N–H and O–H groups in total. The van der Waals surface area contributed by atoms with Gasteiger partial charge in [-0.1, -0.05) is 29.6 Å². The number of hydrogen-bond donors (Lipinski definition) is 0. The molecule has 3 heteroatoms. The van der Waals surface area contributed by atoms with E-state index in [-0.39, 0.29) is 0 Å². The second-order valence-electron chi connectivity index (χ2n) is 2.24. The van der Waals surface area contributed by atoms with Crippen LogP contribution < -0.4 is 0 Å². The fraction of sp³-hybridized carbons (Fsp3) is 0.375. The number of aldehydes is 1. The van der Waals surface area contributed by atoms with Gasteiger partial charge >= 0.3 is 0 Å². The van der Waals surface area contributed by atoms with Crippen molar-refractivity contribution in [3.05, 3.63) is 20.1 Å². The maximum atomic E-state index is 10.0. The Bertz CT molecular complexity index is 212. The maximum Gasteiger partial charge on any atom is 0.123 e. The minimum atomic E-state index is 0.538. The molecule has 60 valence electrons. The van der Waals surface area contributed by atoms with Gasteiger partial charge in [0.15, 0.2) is 0 Å². The van der Waals surface area contributed by atoms with E-state index in [4.69, 9.17) is 0 Å². The average molecular weight is 186 g/mol. The van der Waals surface area contributed by atoms with E-state index in [0.29, 0.717) is 6.42 Å². The minimum Gasteiger partial charge on any atom is -0.303 e. The Morgan fingerprint density at radius 3 is 2.27 bits per heavy atom. The van der Waals surface area contributed by atoms with E-state index in [0.717, 1.165) is 6.29 Å². The van der Waals surface area contributed by atoms with E-state index >= 15 is 0 Å². The van der Waals surface area contributed by atoms with Crippen LogP contribution in [0.4, 0.5) is 0 Å². The maximum absolute atomic E-state index is 10.0. The normalized spacial score (nSPS) is 17.5. The second kappa shape index (κ2) is 4.02.